The highest BCUT2D eigenvalue weighted by molar-refractivity contribution is 5.91. The highest BCUT2D eigenvalue weighted by Gasteiger charge is 2.28. The highest BCUT2D eigenvalue weighted by Crippen LogP contribution is 2.26. The van der Waals surface area contributed by atoms with Crippen LogP contribution in [0.2, 0.25) is 0 Å². The van der Waals surface area contributed by atoms with E-state index in [1.165, 1.54) is 0 Å². The zero-order valence-corrected chi connectivity index (χ0v) is 12.3. The number of ether oxygens (including phenoxy) is 1. The Labute approximate surface area is 123 Å². The maximum atomic E-state index is 12.3. The Morgan fingerprint density at radius 2 is 2.19 bits per heavy atom. The minimum Gasteiger partial charge on any atom is -0.495 e. The van der Waals surface area contributed by atoms with Crippen LogP contribution in [0.5, 0.6) is 5.75 Å². The first-order valence-corrected chi connectivity index (χ1v) is 6.94. The maximum absolute atomic E-state index is 12.3. The third-order valence-electron chi connectivity index (χ3n) is 3.65. The van der Waals surface area contributed by atoms with E-state index in [9.17, 15) is 9.59 Å². The van der Waals surface area contributed by atoms with Crippen LogP contribution in [0.4, 0.5) is 10.5 Å². The zero-order chi connectivity index (χ0) is 15.4. The van der Waals surface area contributed by atoms with Gasteiger partial charge in [0.25, 0.3) is 0 Å². The number of piperidine rings is 1. The largest absolute Gasteiger partial charge is 0.495 e. The van der Waals surface area contributed by atoms with Gasteiger partial charge in [-0.15, -0.1) is 0 Å². The van der Waals surface area contributed by atoms with Crippen molar-refractivity contribution >= 4 is 17.7 Å². The molecule has 0 spiro atoms. The van der Waals surface area contributed by atoms with E-state index in [-0.39, 0.29) is 12.6 Å². The lowest BCUT2D eigenvalue weighted by molar-refractivity contribution is -0.143. The van der Waals surface area contributed by atoms with Gasteiger partial charge in [0.2, 0.25) is 0 Å². The summed E-state index contributed by atoms with van der Waals surface area (Å²) in [6, 6.07) is 5.23. The first-order valence-electron chi connectivity index (χ1n) is 6.94. The van der Waals surface area contributed by atoms with E-state index in [0.29, 0.717) is 30.8 Å². The number of carboxylic acids is 1. The number of urea groups is 1. The van der Waals surface area contributed by atoms with Crippen LogP contribution in [-0.2, 0) is 4.79 Å². The van der Waals surface area contributed by atoms with E-state index < -0.39 is 11.9 Å². The van der Waals surface area contributed by atoms with Crippen LogP contribution in [-0.4, -0.2) is 42.2 Å². The average Bonchev–Trinajstić information content (AvgIpc) is 2.47. The van der Waals surface area contributed by atoms with Gasteiger partial charge in [-0.2, -0.15) is 0 Å². The second-order valence-corrected chi connectivity index (χ2v) is 5.26. The summed E-state index contributed by atoms with van der Waals surface area (Å²) >= 11 is 0. The lowest BCUT2D eigenvalue weighted by atomic mass is 9.99. The van der Waals surface area contributed by atoms with E-state index in [1.54, 1.807) is 18.1 Å². The van der Waals surface area contributed by atoms with E-state index >= 15 is 0 Å². The molecule has 1 aromatic carbocycles. The summed E-state index contributed by atoms with van der Waals surface area (Å²) in [5.41, 5.74) is 1.60. The summed E-state index contributed by atoms with van der Waals surface area (Å²) < 4.78 is 5.22. The first-order chi connectivity index (χ1) is 10.0. The molecule has 1 aromatic rings. The van der Waals surface area contributed by atoms with Crippen LogP contribution < -0.4 is 10.1 Å². The molecule has 2 amide bonds. The molecule has 0 bridgehead atoms. The molecule has 2 N–H and O–H groups in total. The number of nitrogens with zero attached hydrogens (tertiary/aromatic N) is 1. The Morgan fingerprint density at radius 3 is 2.86 bits per heavy atom. The van der Waals surface area contributed by atoms with Gasteiger partial charge in [-0.1, -0.05) is 6.07 Å². The van der Waals surface area contributed by atoms with Crippen molar-refractivity contribution in [1.29, 1.82) is 0 Å². The summed E-state index contributed by atoms with van der Waals surface area (Å²) in [5.74, 6) is -0.745. The number of nitrogens with one attached hydrogen (secondary N) is 1. The number of amides is 2. The van der Waals surface area contributed by atoms with Crippen molar-refractivity contribution < 1.29 is 19.4 Å². The number of methoxy groups -OCH3 is 1. The molecule has 1 saturated heterocycles. The topological polar surface area (TPSA) is 78.9 Å². The van der Waals surface area contributed by atoms with Gasteiger partial charge in [0.15, 0.2) is 0 Å². The second-order valence-electron chi connectivity index (χ2n) is 5.26. The number of hydrogen-bond donors (Lipinski definition) is 2. The van der Waals surface area contributed by atoms with Crippen LogP contribution in [0.1, 0.15) is 18.4 Å². The van der Waals surface area contributed by atoms with Crippen LogP contribution in [0.3, 0.4) is 0 Å². The number of aryl methyl sites for hydroxylation is 1. The monoisotopic (exact) mass is 292 g/mol. The van der Waals surface area contributed by atoms with Crippen LogP contribution in [0.15, 0.2) is 18.2 Å². The first kappa shape index (κ1) is 15.2. The number of anilines is 1. The zero-order valence-electron chi connectivity index (χ0n) is 12.3. The molecule has 6 heteroatoms. The van der Waals surface area contributed by atoms with Gasteiger partial charge in [0.1, 0.15) is 5.75 Å². The molecule has 0 saturated carbocycles. The van der Waals surface area contributed by atoms with Gasteiger partial charge in [-0.3, -0.25) is 4.79 Å². The quantitative estimate of drug-likeness (QED) is 0.896. The molecule has 0 aliphatic carbocycles. The van der Waals surface area contributed by atoms with Gasteiger partial charge >= 0.3 is 12.0 Å². The van der Waals surface area contributed by atoms with E-state index in [1.807, 2.05) is 19.1 Å². The standard InChI is InChI=1S/C15H20N2O4/c1-10-5-6-13(21-2)12(8-10)16-15(20)17-7-3-4-11(9-17)14(18)19/h5-6,8,11H,3-4,7,9H2,1-2H3,(H,16,20)(H,18,19)/t11-/m1/s1. The smallest absolute Gasteiger partial charge is 0.321 e. The van der Waals surface area contributed by atoms with Crippen LogP contribution >= 0.6 is 0 Å². The van der Waals surface area contributed by atoms with Gasteiger partial charge in [0, 0.05) is 13.1 Å². The van der Waals surface area contributed by atoms with Crippen molar-refractivity contribution in [2.24, 2.45) is 5.92 Å². The number of benzene rings is 1. The molecule has 1 atom stereocenters. The molecule has 6 nitrogen and oxygen atoms in total. The van der Waals surface area contributed by atoms with E-state index in [4.69, 9.17) is 9.84 Å². The van der Waals surface area contributed by atoms with Crippen LogP contribution in [0, 0.1) is 12.8 Å². The average molecular weight is 292 g/mol. The Kier molecular flexibility index (Phi) is 4.67. The number of likely N-dealkylation sites (tertiary alicyclic amines) is 1. The van der Waals surface area contributed by atoms with Crippen molar-refractivity contribution in [3.63, 3.8) is 0 Å². The van der Waals surface area contributed by atoms with Crippen molar-refractivity contribution in [2.45, 2.75) is 19.8 Å². The summed E-state index contributed by atoms with van der Waals surface area (Å²) in [4.78, 5) is 24.9. The maximum Gasteiger partial charge on any atom is 0.321 e. The molecule has 114 valence electrons. The Morgan fingerprint density at radius 1 is 1.43 bits per heavy atom. The SMILES string of the molecule is COc1ccc(C)cc1NC(=O)N1CCC[C@@H](C(=O)O)C1. The lowest BCUT2D eigenvalue weighted by Gasteiger charge is -2.30. The molecular formula is C15H20N2O4. The fraction of sp³-hybridized carbons (Fsp3) is 0.467. The third kappa shape index (κ3) is 3.65. The number of aliphatic carboxylic acids is 1. The number of rotatable bonds is 3. The Bertz CT molecular complexity index is 544. The van der Waals surface area contributed by atoms with E-state index in [2.05, 4.69) is 5.32 Å². The normalized spacial score (nSPS) is 18.2. The number of carbonyl (C=O) groups is 2. The van der Waals surface area contributed by atoms with Gasteiger partial charge in [0.05, 0.1) is 18.7 Å². The van der Waals surface area contributed by atoms with Crippen molar-refractivity contribution in [3.05, 3.63) is 23.8 Å². The molecule has 2 rings (SSSR count). The fourth-order valence-corrected chi connectivity index (χ4v) is 2.48. The van der Waals surface area contributed by atoms with Gasteiger partial charge in [-0.05, 0) is 37.5 Å². The number of hydrogen-bond acceptors (Lipinski definition) is 3. The summed E-state index contributed by atoms with van der Waals surface area (Å²) in [6.07, 6.45) is 1.32. The molecule has 0 radical (unpaired) electrons. The minimum absolute atomic E-state index is 0.245. The second kappa shape index (κ2) is 6.47. The molecule has 1 heterocycles. The molecule has 1 aliphatic heterocycles. The lowest BCUT2D eigenvalue weighted by Crippen LogP contribution is -2.44. The van der Waals surface area contributed by atoms with Crippen molar-refractivity contribution in [3.8, 4) is 5.75 Å². The third-order valence-corrected chi connectivity index (χ3v) is 3.65. The summed E-state index contributed by atoms with van der Waals surface area (Å²) in [5, 5.41) is 11.9. The molecule has 0 aromatic heterocycles. The Hall–Kier alpha value is -2.24. The summed E-state index contributed by atoms with van der Waals surface area (Å²) in [7, 11) is 1.54. The Balaban J connectivity index is 2.07. The molecular weight excluding hydrogens is 272 g/mol. The van der Waals surface area contributed by atoms with Gasteiger partial charge in [-0.25, -0.2) is 4.79 Å². The molecule has 1 aliphatic rings. The van der Waals surface area contributed by atoms with E-state index in [0.717, 1.165) is 5.56 Å². The molecule has 1 fully saturated rings. The number of carbonyl (C=O) groups excluding carboxylic acids is 1. The van der Waals surface area contributed by atoms with Crippen molar-refractivity contribution in [2.75, 3.05) is 25.5 Å². The summed E-state index contributed by atoms with van der Waals surface area (Å²) in [6.45, 7) is 2.75. The molecule has 0 unspecified atom stereocenters. The fourth-order valence-electron chi connectivity index (χ4n) is 2.48. The predicted octanol–water partition coefficient (Wildman–Crippen LogP) is 2.33. The predicted molar refractivity (Wildman–Crippen MR) is 78.7 cm³/mol. The van der Waals surface area contributed by atoms with Crippen LogP contribution in [0.25, 0.3) is 0 Å². The van der Waals surface area contributed by atoms with Gasteiger partial charge < -0.3 is 20.1 Å². The highest BCUT2D eigenvalue weighted by atomic mass is 16.5. The number of carboxylic acid groups (broad SMARTS) is 1. The molecule has 21 heavy (non-hydrogen) atoms. The minimum atomic E-state index is -0.847. The van der Waals surface area contributed by atoms with Crippen molar-refractivity contribution in [1.82, 2.24) is 4.90 Å².